The number of hydrogen-bond acceptors (Lipinski definition) is 4. The maximum atomic E-state index is 13.4. The minimum Gasteiger partial charge on any atom is -0.364 e. The molecule has 0 aromatic heterocycles. The van der Waals surface area contributed by atoms with Gasteiger partial charge >= 0.3 is 0 Å². The molecule has 98 valence electrons. The third kappa shape index (κ3) is 3.22. The molecule has 1 aliphatic rings. The fourth-order valence-electron chi connectivity index (χ4n) is 1.86. The van der Waals surface area contributed by atoms with E-state index in [0.717, 1.165) is 6.42 Å². The zero-order chi connectivity index (χ0) is 13.0. The van der Waals surface area contributed by atoms with Gasteiger partial charge in [-0.2, -0.15) is 0 Å². The Hall–Kier alpha value is -1.11. The normalized spacial score (nSPS) is 23.0. The van der Waals surface area contributed by atoms with Crippen molar-refractivity contribution in [3.05, 3.63) is 30.1 Å². The first kappa shape index (κ1) is 13.3. The molecule has 1 saturated heterocycles. The van der Waals surface area contributed by atoms with E-state index in [4.69, 9.17) is 10.6 Å². The van der Waals surface area contributed by atoms with Crippen LogP contribution in [0.1, 0.15) is 12.8 Å². The van der Waals surface area contributed by atoms with Gasteiger partial charge in [0.2, 0.25) is 0 Å². The minimum atomic E-state index is -0.471. The Morgan fingerprint density at radius 1 is 1.50 bits per heavy atom. The molecule has 1 heterocycles. The van der Waals surface area contributed by atoms with E-state index in [1.165, 1.54) is 17.8 Å². The van der Waals surface area contributed by atoms with E-state index in [0.29, 0.717) is 17.1 Å². The van der Waals surface area contributed by atoms with Gasteiger partial charge in [-0.05, 0) is 25.0 Å². The van der Waals surface area contributed by atoms with Crippen molar-refractivity contribution in [2.45, 2.75) is 29.9 Å². The zero-order valence-corrected chi connectivity index (χ0v) is 10.6. The van der Waals surface area contributed by atoms with Crippen LogP contribution in [0.4, 0.5) is 4.39 Å². The van der Waals surface area contributed by atoms with E-state index < -0.39 is 6.10 Å². The lowest BCUT2D eigenvalue weighted by Gasteiger charge is -2.12. The van der Waals surface area contributed by atoms with E-state index in [2.05, 4.69) is 5.43 Å². The average Bonchev–Trinajstić information content (AvgIpc) is 2.86. The number of thioether (sulfide) groups is 1. The molecule has 6 heteroatoms. The van der Waals surface area contributed by atoms with Crippen LogP contribution in [0, 0.1) is 5.82 Å². The maximum Gasteiger partial charge on any atom is 0.263 e. The molecule has 3 N–H and O–H groups in total. The summed E-state index contributed by atoms with van der Waals surface area (Å²) in [6, 6.07) is 6.63. The highest BCUT2D eigenvalue weighted by atomic mass is 32.2. The lowest BCUT2D eigenvalue weighted by molar-refractivity contribution is -0.131. The number of ether oxygens (including phenoxy) is 1. The molecule has 18 heavy (non-hydrogen) atoms. The first-order chi connectivity index (χ1) is 8.70. The van der Waals surface area contributed by atoms with Crippen molar-refractivity contribution < 1.29 is 13.9 Å². The second-order valence-electron chi connectivity index (χ2n) is 4.07. The summed E-state index contributed by atoms with van der Waals surface area (Å²) in [6.45, 7) is 0. The largest absolute Gasteiger partial charge is 0.364 e. The predicted molar refractivity (Wildman–Crippen MR) is 67.3 cm³/mol. The minimum absolute atomic E-state index is 0.0306. The van der Waals surface area contributed by atoms with Crippen LogP contribution in [0.25, 0.3) is 0 Å². The molecule has 0 spiro atoms. The fraction of sp³-hybridized carbons (Fsp3) is 0.417. The molecule has 0 bridgehead atoms. The molecule has 0 saturated carbocycles. The summed E-state index contributed by atoms with van der Waals surface area (Å²) in [5.41, 5.74) is 2.08. The van der Waals surface area contributed by atoms with Crippen LogP contribution < -0.4 is 11.3 Å². The summed E-state index contributed by atoms with van der Waals surface area (Å²) in [4.78, 5) is 11.9. The Labute approximate surface area is 109 Å². The number of amides is 1. The Bertz CT molecular complexity index is 430. The molecule has 1 amide bonds. The van der Waals surface area contributed by atoms with Crippen molar-refractivity contribution >= 4 is 17.7 Å². The number of halogens is 1. The zero-order valence-electron chi connectivity index (χ0n) is 9.77. The molecule has 1 fully saturated rings. The molecule has 2 unspecified atom stereocenters. The molecule has 0 aliphatic carbocycles. The smallest absolute Gasteiger partial charge is 0.263 e. The van der Waals surface area contributed by atoms with Crippen LogP contribution in [0.2, 0.25) is 0 Å². The highest BCUT2D eigenvalue weighted by Gasteiger charge is 2.30. The van der Waals surface area contributed by atoms with Crippen LogP contribution in [-0.2, 0) is 9.53 Å². The molecular weight excluding hydrogens is 255 g/mol. The summed E-state index contributed by atoms with van der Waals surface area (Å²) < 4.78 is 18.9. The van der Waals surface area contributed by atoms with Gasteiger partial charge in [0.15, 0.2) is 0 Å². The monoisotopic (exact) mass is 270 g/mol. The van der Waals surface area contributed by atoms with Gasteiger partial charge < -0.3 is 4.74 Å². The Morgan fingerprint density at radius 2 is 2.28 bits per heavy atom. The summed E-state index contributed by atoms with van der Waals surface area (Å²) in [5.74, 6) is 5.16. The van der Waals surface area contributed by atoms with Crippen LogP contribution in [0.15, 0.2) is 29.2 Å². The van der Waals surface area contributed by atoms with Crippen molar-refractivity contribution in [1.29, 1.82) is 0 Å². The lowest BCUT2D eigenvalue weighted by Crippen LogP contribution is -2.39. The van der Waals surface area contributed by atoms with Gasteiger partial charge in [-0.25, -0.2) is 10.2 Å². The molecule has 4 nitrogen and oxygen atoms in total. The Kier molecular flexibility index (Phi) is 4.57. The standard InChI is InChI=1S/C12H15FN2O2S/c13-9-3-1-2-4-11(9)18-7-8-5-6-10(17-8)12(16)15-14/h1-4,8,10H,5-7,14H2,(H,15,16). The molecule has 1 aromatic rings. The number of benzene rings is 1. The highest BCUT2D eigenvalue weighted by molar-refractivity contribution is 7.99. The van der Waals surface area contributed by atoms with E-state index in [1.54, 1.807) is 18.2 Å². The van der Waals surface area contributed by atoms with Crippen LogP contribution in [0.3, 0.4) is 0 Å². The second-order valence-corrected chi connectivity index (χ2v) is 5.14. The number of hydrazine groups is 1. The number of carbonyl (C=O) groups is 1. The molecule has 2 rings (SSSR count). The summed E-state index contributed by atoms with van der Waals surface area (Å²) >= 11 is 1.40. The second kappa shape index (κ2) is 6.17. The number of nitrogens with two attached hydrogens (primary N) is 1. The highest BCUT2D eigenvalue weighted by Crippen LogP contribution is 2.28. The van der Waals surface area contributed by atoms with Crippen molar-refractivity contribution in [2.24, 2.45) is 5.84 Å². The Morgan fingerprint density at radius 3 is 3.00 bits per heavy atom. The van der Waals surface area contributed by atoms with E-state index in [-0.39, 0.29) is 17.8 Å². The van der Waals surface area contributed by atoms with Crippen molar-refractivity contribution in [3.63, 3.8) is 0 Å². The number of rotatable bonds is 4. The van der Waals surface area contributed by atoms with Gasteiger partial charge in [0.05, 0.1) is 6.10 Å². The van der Waals surface area contributed by atoms with E-state index in [9.17, 15) is 9.18 Å². The van der Waals surface area contributed by atoms with E-state index >= 15 is 0 Å². The van der Waals surface area contributed by atoms with Gasteiger partial charge in [0, 0.05) is 10.6 Å². The van der Waals surface area contributed by atoms with Crippen LogP contribution in [-0.4, -0.2) is 23.9 Å². The first-order valence-corrected chi connectivity index (χ1v) is 6.72. The van der Waals surface area contributed by atoms with Gasteiger partial charge in [0.25, 0.3) is 5.91 Å². The van der Waals surface area contributed by atoms with E-state index in [1.807, 2.05) is 0 Å². The third-order valence-corrected chi connectivity index (χ3v) is 3.98. The molecule has 2 atom stereocenters. The molecular formula is C12H15FN2O2S. The van der Waals surface area contributed by atoms with Gasteiger partial charge in [-0.3, -0.25) is 10.2 Å². The summed E-state index contributed by atoms with van der Waals surface area (Å²) in [6.07, 6.45) is 0.948. The van der Waals surface area contributed by atoms with Gasteiger partial charge in [-0.15, -0.1) is 11.8 Å². The summed E-state index contributed by atoms with van der Waals surface area (Å²) in [7, 11) is 0. The maximum absolute atomic E-state index is 13.4. The van der Waals surface area contributed by atoms with Crippen LogP contribution >= 0.6 is 11.8 Å². The Balaban J connectivity index is 1.82. The summed E-state index contributed by atoms with van der Waals surface area (Å²) in [5, 5.41) is 0. The molecule has 0 radical (unpaired) electrons. The van der Waals surface area contributed by atoms with Crippen molar-refractivity contribution in [3.8, 4) is 0 Å². The number of carbonyl (C=O) groups excluding carboxylic acids is 1. The molecule has 1 aliphatic heterocycles. The first-order valence-electron chi connectivity index (χ1n) is 5.74. The number of hydrogen-bond donors (Lipinski definition) is 2. The number of nitrogens with one attached hydrogen (secondary N) is 1. The van der Waals surface area contributed by atoms with Gasteiger partial charge in [0.1, 0.15) is 11.9 Å². The van der Waals surface area contributed by atoms with Crippen LogP contribution in [0.5, 0.6) is 0 Å². The lowest BCUT2D eigenvalue weighted by atomic mass is 10.2. The molecule has 1 aromatic carbocycles. The fourth-order valence-corrected chi connectivity index (χ4v) is 2.85. The third-order valence-electron chi connectivity index (χ3n) is 2.80. The topological polar surface area (TPSA) is 64.3 Å². The van der Waals surface area contributed by atoms with Gasteiger partial charge in [-0.1, -0.05) is 12.1 Å². The predicted octanol–water partition coefficient (Wildman–Crippen LogP) is 1.46. The quantitative estimate of drug-likeness (QED) is 0.376. The van der Waals surface area contributed by atoms with Crippen molar-refractivity contribution in [2.75, 3.05) is 5.75 Å². The average molecular weight is 270 g/mol. The van der Waals surface area contributed by atoms with Crippen molar-refractivity contribution in [1.82, 2.24) is 5.43 Å². The SMILES string of the molecule is NNC(=O)C1CCC(CSc2ccccc2F)O1.